The van der Waals surface area contributed by atoms with Gasteiger partial charge in [0.2, 0.25) is 0 Å². The Morgan fingerprint density at radius 3 is 1.84 bits per heavy atom. The molecular formula is C19H16. The molecule has 0 atom stereocenters. The summed E-state index contributed by atoms with van der Waals surface area (Å²) in [5, 5.41) is 0. The lowest BCUT2D eigenvalue weighted by molar-refractivity contribution is 1.31. The molecule has 0 aromatic heterocycles. The lowest BCUT2D eigenvalue weighted by Crippen LogP contribution is -1.82. The van der Waals surface area contributed by atoms with Gasteiger partial charge < -0.3 is 0 Å². The van der Waals surface area contributed by atoms with Gasteiger partial charge in [-0.2, -0.15) is 0 Å². The van der Waals surface area contributed by atoms with Crippen molar-refractivity contribution in [3.05, 3.63) is 70.8 Å². The first kappa shape index (κ1) is 13.0. The van der Waals surface area contributed by atoms with E-state index in [1.165, 1.54) is 11.1 Å². The number of benzene rings is 2. The Balaban J connectivity index is 2.11. The van der Waals surface area contributed by atoms with Crippen LogP contribution >= 0.6 is 0 Å². The molecule has 0 radical (unpaired) electrons. The molecule has 0 aliphatic rings. The molecule has 2 rings (SSSR count). The molecule has 0 aliphatic carbocycles. The molecule has 19 heavy (non-hydrogen) atoms. The average Bonchev–Trinajstić information content (AvgIpc) is 2.46. The maximum Gasteiger partial charge on any atom is 0.0340 e. The smallest absolute Gasteiger partial charge is 0.0340 e. The summed E-state index contributed by atoms with van der Waals surface area (Å²) in [5.74, 6) is 12.3. The summed E-state index contributed by atoms with van der Waals surface area (Å²) in [6, 6.07) is 16.5. The second-order valence-corrected chi connectivity index (χ2v) is 4.42. The van der Waals surface area contributed by atoms with Crippen LogP contribution in [0.4, 0.5) is 0 Å². The predicted molar refractivity (Wildman–Crippen MR) is 80.8 cm³/mol. The van der Waals surface area contributed by atoms with Crippen molar-refractivity contribution >= 4 is 0 Å². The van der Waals surface area contributed by atoms with Crippen LogP contribution in [0.1, 0.15) is 29.2 Å². The van der Waals surface area contributed by atoms with E-state index in [1.54, 1.807) is 0 Å². The van der Waals surface area contributed by atoms with Gasteiger partial charge in [-0.3, -0.25) is 0 Å². The summed E-state index contributed by atoms with van der Waals surface area (Å²) in [6.45, 7) is 3.94. The number of hydrogen-bond acceptors (Lipinski definition) is 0. The quantitative estimate of drug-likeness (QED) is 0.666. The summed E-state index contributed by atoms with van der Waals surface area (Å²) in [7, 11) is 0. The second-order valence-electron chi connectivity index (χ2n) is 4.42. The van der Waals surface area contributed by atoms with Crippen molar-refractivity contribution < 1.29 is 0 Å². The highest BCUT2D eigenvalue weighted by Gasteiger charge is 1.91. The van der Waals surface area contributed by atoms with Crippen molar-refractivity contribution in [2.75, 3.05) is 0 Å². The standard InChI is InChI=1S/C19H16/c1-3-4-5-17-10-12-19(13-11-17)15-14-18-8-6-16(2)7-9-18/h6-13H,5H2,1-2H3. The van der Waals surface area contributed by atoms with E-state index < -0.39 is 0 Å². The molecule has 0 amide bonds. The lowest BCUT2D eigenvalue weighted by Gasteiger charge is -1.95. The minimum absolute atomic E-state index is 0.808. The van der Waals surface area contributed by atoms with Crippen molar-refractivity contribution in [1.82, 2.24) is 0 Å². The third kappa shape index (κ3) is 4.06. The molecule has 2 aromatic carbocycles. The van der Waals surface area contributed by atoms with Crippen molar-refractivity contribution in [3.8, 4) is 23.7 Å². The maximum atomic E-state index is 3.18. The molecule has 0 unspecified atom stereocenters. The summed E-state index contributed by atoms with van der Waals surface area (Å²) >= 11 is 0. The number of hydrogen-bond donors (Lipinski definition) is 0. The van der Waals surface area contributed by atoms with Crippen LogP contribution in [-0.4, -0.2) is 0 Å². The Morgan fingerprint density at radius 1 is 0.789 bits per heavy atom. The fourth-order valence-electron chi connectivity index (χ4n) is 1.68. The van der Waals surface area contributed by atoms with E-state index in [9.17, 15) is 0 Å². The summed E-state index contributed by atoms with van der Waals surface area (Å²) < 4.78 is 0. The molecule has 0 heterocycles. The molecule has 2 aromatic rings. The first-order chi connectivity index (χ1) is 9.28. The van der Waals surface area contributed by atoms with Gasteiger partial charge in [-0.05, 0) is 43.7 Å². The van der Waals surface area contributed by atoms with Gasteiger partial charge in [-0.15, -0.1) is 5.92 Å². The first-order valence-corrected chi connectivity index (χ1v) is 6.35. The van der Waals surface area contributed by atoms with E-state index in [1.807, 2.05) is 31.2 Å². The largest absolute Gasteiger partial charge is 0.106 e. The molecule has 0 saturated carbocycles. The van der Waals surface area contributed by atoms with E-state index in [-0.39, 0.29) is 0 Å². The SMILES string of the molecule is CC#CCc1ccc(C#Cc2ccc(C)cc2)cc1. The van der Waals surface area contributed by atoms with Crippen LogP contribution in [0.15, 0.2) is 48.5 Å². The zero-order valence-corrected chi connectivity index (χ0v) is 11.3. The van der Waals surface area contributed by atoms with Gasteiger partial charge in [0, 0.05) is 17.5 Å². The second kappa shape index (κ2) is 6.48. The predicted octanol–water partition coefficient (Wildman–Crippen LogP) is 3.96. The van der Waals surface area contributed by atoms with E-state index in [0.717, 1.165) is 17.5 Å². The normalized spacial score (nSPS) is 8.95. The third-order valence-corrected chi connectivity index (χ3v) is 2.83. The molecule has 0 N–H and O–H groups in total. The zero-order valence-electron chi connectivity index (χ0n) is 11.3. The first-order valence-electron chi connectivity index (χ1n) is 6.35. The van der Waals surface area contributed by atoms with Crippen molar-refractivity contribution in [1.29, 1.82) is 0 Å². The highest BCUT2D eigenvalue weighted by Crippen LogP contribution is 2.05. The monoisotopic (exact) mass is 244 g/mol. The molecule has 0 spiro atoms. The van der Waals surface area contributed by atoms with Gasteiger partial charge in [0.1, 0.15) is 0 Å². The minimum atomic E-state index is 0.808. The zero-order chi connectivity index (χ0) is 13.5. The Kier molecular flexibility index (Phi) is 4.44. The third-order valence-electron chi connectivity index (χ3n) is 2.83. The van der Waals surface area contributed by atoms with E-state index in [0.29, 0.717) is 0 Å². The molecule has 0 fully saturated rings. The Labute approximate surface area is 115 Å². The van der Waals surface area contributed by atoms with E-state index >= 15 is 0 Å². The Bertz CT molecular complexity index is 650. The van der Waals surface area contributed by atoms with Gasteiger partial charge in [0.25, 0.3) is 0 Å². The van der Waals surface area contributed by atoms with E-state index in [2.05, 4.69) is 54.9 Å². The highest BCUT2D eigenvalue weighted by atomic mass is 13.9. The topological polar surface area (TPSA) is 0 Å². The average molecular weight is 244 g/mol. The Hall–Kier alpha value is -2.44. The van der Waals surface area contributed by atoms with Crippen LogP contribution in [-0.2, 0) is 6.42 Å². The lowest BCUT2D eigenvalue weighted by atomic mass is 10.1. The Morgan fingerprint density at radius 2 is 1.32 bits per heavy atom. The molecular weight excluding hydrogens is 228 g/mol. The molecule has 0 nitrogen and oxygen atoms in total. The summed E-state index contributed by atoms with van der Waals surface area (Å²) in [6.07, 6.45) is 0.808. The van der Waals surface area contributed by atoms with Gasteiger partial charge in [0.05, 0.1) is 0 Å². The van der Waals surface area contributed by atoms with Gasteiger partial charge in [-0.25, -0.2) is 0 Å². The number of rotatable bonds is 1. The van der Waals surface area contributed by atoms with Crippen LogP contribution in [0.25, 0.3) is 0 Å². The molecule has 0 aliphatic heterocycles. The summed E-state index contributed by atoms with van der Waals surface area (Å²) in [5.41, 5.74) is 4.57. The summed E-state index contributed by atoms with van der Waals surface area (Å²) in [4.78, 5) is 0. The minimum Gasteiger partial charge on any atom is -0.106 e. The molecule has 0 saturated heterocycles. The van der Waals surface area contributed by atoms with Crippen LogP contribution < -0.4 is 0 Å². The van der Waals surface area contributed by atoms with Crippen molar-refractivity contribution in [2.24, 2.45) is 0 Å². The number of aryl methyl sites for hydroxylation is 1. The van der Waals surface area contributed by atoms with Crippen LogP contribution in [0.5, 0.6) is 0 Å². The fourth-order valence-corrected chi connectivity index (χ4v) is 1.68. The molecule has 92 valence electrons. The molecule has 0 heteroatoms. The van der Waals surface area contributed by atoms with Crippen LogP contribution in [0.2, 0.25) is 0 Å². The van der Waals surface area contributed by atoms with Crippen molar-refractivity contribution in [2.45, 2.75) is 20.3 Å². The van der Waals surface area contributed by atoms with Gasteiger partial charge in [0.15, 0.2) is 0 Å². The van der Waals surface area contributed by atoms with Crippen molar-refractivity contribution in [3.63, 3.8) is 0 Å². The van der Waals surface area contributed by atoms with E-state index in [4.69, 9.17) is 0 Å². The maximum absolute atomic E-state index is 3.18. The van der Waals surface area contributed by atoms with Gasteiger partial charge >= 0.3 is 0 Å². The molecule has 0 bridgehead atoms. The van der Waals surface area contributed by atoms with Gasteiger partial charge in [-0.1, -0.05) is 47.6 Å². The fraction of sp³-hybridized carbons (Fsp3) is 0.158. The van der Waals surface area contributed by atoms with Crippen LogP contribution in [0.3, 0.4) is 0 Å². The van der Waals surface area contributed by atoms with Crippen LogP contribution in [0, 0.1) is 30.6 Å². The highest BCUT2D eigenvalue weighted by molar-refractivity contribution is 5.44.